The van der Waals surface area contributed by atoms with Crippen molar-refractivity contribution >= 4 is 23.4 Å². The van der Waals surface area contributed by atoms with Crippen LogP contribution in [0.1, 0.15) is 27.3 Å². The normalized spacial score (nSPS) is 10.8. The summed E-state index contributed by atoms with van der Waals surface area (Å²) in [6, 6.07) is 13.7. The van der Waals surface area contributed by atoms with Crippen LogP contribution in [0.5, 0.6) is 0 Å². The zero-order chi connectivity index (χ0) is 22.0. The molecule has 0 saturated heterocycles. The number of hydrogen-bond donors (Lipinski definition) is 1. The third-order valence-corrected chi connectivity index (χ3v) is 5.82. The Kier molecular flexibility index (Phi) is 5.77. The number of rotatable bonds is 5. The van der Waals surface area contributed by atoms with Crippen molar-refractivity contribution in [3.05, 3.63) is 83.1 Å². The minimum atomic E-state index is -0.560. The molecule has 0 atom stereocenters. The molecular weight excluding hydrogens is 415 g/mol. The molecule has 2 heterocycles. The van der Waals surface area contributed by atoms with Crippen LogP contribution in [0.3, 0.4) is 0 Å². The maximum absolute atomic E-state index is 14.4. The second kappa shape index (κ2) is 8.65. The molecule has 1 N–H and O–H groups in total. The Balaban J connectivity index is 1.62. The highest BCUT2D eigenvalue weighted by Crippen LogP contribution is 2.32. The molecule has 4 rings (SSSR count). The third-order valence-electron chi connectivity index (χ3n) is 4.62. The van der Waals surface area contributed by atoms with Gasteiger partial charge in [-0.3, -0.25) is 4.79 Å². The summed E-state index contributed by atoms with van der Waals surface area (Å²) in [5, 5.41) is 14.5. The van der Waals surface area contributed by atoms with E-state index < -0.39 is 11.7 Å². The number of halogens is 1. The number of nitrogens with one attached hydrogen (secondary N) is 1. The number of hydrogen-bond acceptors (Lipinski definition) is 6. The molecule has 0 unspecified atom stereocenters. The van der Waals surface area contributed by atoms with Gasteiger partial charge in [-0.1, -0.05) is 29.5 Å². The molecule has 0 aliphatic rings. The number of tetrazole rings is 1. The van der Waals surface area contributed by atoms with E-state index in [-0.39, 0.29) is 5.69 Å². The Morgan fingerprint density at radius 1 is 1.10 bits per heavy atom. The van der Waals surface area contributed by atoms with Crippen molar-refractivity contribution in [3.63, 3.8) is 0 Å². The lowest BCUT2D eigenvalue weighted by molar-refractivity contribution is 0.102. The molecular formula is C22H19FN6OS. The van der Waals surface area contributed by atoms with Crippen LogP contribution in [0.2, 0.25) is 0 Å². The molecule has 7 nitrogen and oxygen atoms in total. The van der Waals surface area contributed by atoms with Crippen LogP contribution in [0, 0.1) is 26.6 Å². The van der Waals surface area contributed by atoms with E-state index in [1.165, 1.54) is 28.6 Å². The van der Waals surface area contributed by atoms with Gasteiger partial charge >= 0.3 is 0 Å². The quantitative estimate of drug-likeness (QED) is 0.497. The van der Waals surface area contributed by atoms with E-state index in [0.717, 1.165) is 16.0 Å². The number of aryl methyl sites for hydroxylation is 3. The van der Waals surface area contributed by atoms with Gasteiger partial charge in [0.25, 0.3) is 5.91 Å². The van der Waals surface area contributed by atoms with E-state index in [0.29, 0.717) is 22.1 Å². The molecule has 0 spiro atoms. The molecule has 0 radical (unpaired) electrons. The molecule has 156 valence electrons. The first kappa shape index (κ1) is 20.7. The third kappa shape index (κ3) is 4.46. The van der Waals surface area contributed by atoms with Gasteiger partial charge in [0.2, 0.25) is 0 Å². The SMILES string of the molecule is Cc1ccc(Sc2ncccc2C(=O)Nc2cc(-n3nnnc3C)ccc2F)c(C)c1. The number of carbonyl (C=O) groups excluding carboxylic acids is 1. The second-order valence-electron chi connectivity index (χ2n) is 6.98. The van der Waals surface area contributed by atoms with Crippen LogP contribution >= 0.6 is 11.8 Å². The van der Waals surface area contributed by atoms with Gasteiger partial charge in [0.15, 0.2) is 5.82 Å². The Labute approximate surface area is 182 Å². The maximum Gasteiger partial charge on any atom is 0.258 e. The Morgan fingerprint density at radius 3 is 2.68 bits per heavy atom. The molecule has 2 aromatic carbocycles. The summed E-state index contributed by atoms with van der Waals surface area (Å²) in [5.74, 6) is -0.469. The fraction of sp³-hybridized carbons (Fsp3) is 0.136. The average molecular weight is 435 g/mol. The lowest BCUT2D eigenvalue weighted by Gasteiger charge is -2.12. The number of pyridine rings is 1. The summed E-state index contributed by atoms with van der Waals surface area (Å²) in [5.41, 5.74) is 3.18. The summed E-state index contributed by atoms with van der Waals surface area (Å²) >= 11 is 1.40. The Bertz CT molecular complexity index is 1270. The van der Waals surface area contributed by atoms with Crippen LogP contribution in [0.4, 0.5) is 10.1 Å². The second-order valence-corrected chi connectivity index (χ2v) is 8.01. The predicted molar refractivity (Wildman–Crippen MR) is 116 cm³/mol. The monoisotopic (exact) mass is 434 g/mol. The number of anilines is 1. The summed E-state index contributed by atoms with van der Waals surface area (Å²) < 4.78 is 15.9. The molecule has 31 heavy (non-hydrogen) atoms. The van der Waals surface area contributed by atoms with Crippen molar-refractivity contribution in [3.8, 4) is 5.69 Å². The van der Waals surface area contributed by atoms with Crippen molar-refractivity contribution in [1.82, 2.24) is 25.2 Å². The molecule has 0 aliphatic carbocycles. The van der Waals surface area contributed by atoms with Crippen LogP contribution < -0.4 is 5.32 Å². The van der Waals surface area contributed by atoms with Crippen molar-refractivity contribution < 1.29 is 9.18 Å². The van der Waals surface area contributed by atoms with Crippen LogP contribution in [-0.2, 0) is 0 Å². The number of benzene rings is 2. The van der Waals surface area contributed by atoms with Gasteiger partial charge in [0.05, 0.1) is 16.9 Å². The number of carbonyl (C=O) groups is 1. The number of nitrogens with zero attached hydrogens (tertiary/aromatic N) is 5. The fourth-order valence-electron chi connectivity index (χ4n) is 3.06. The first-order valence-corrected chi connectivity index (χ1v) is 10.3. The molecule has 2 aromatic heterocycles. The molecule has 0 saturated carbocycles. The van der Waals surface area contributed by atoms with Crippen LogP contribution in [0.25, 0.3) is 5.69 Å². The smallest absolute Gasteiger partial charge is 0.258 e. The Hall–Kier alpha value is -3.59. The Morgan fingerprint density at radius 2 is 1.94 bits per heavy atom. The van der Waals surface area contributed by atoms with Crippen molar-refractivity contribution in [2.24, 2.45) is 0 Å². The summed E-state index contributed by atoms with van der Waals surface area (Å²) in [6.07, 6.45) is 1.63. The van der Waals surface area contributed by atoms with Gasteiger partial charge in [-0.15, -0.1) is 5.10 Å². The van der Waals surface area contributed by atoms with Crippen molar-refractivity contribution in [2.45, 2.75) is 30.7 Å². The van der Waals surface area contributed by atoms with Gasteiger partial charge in [-0.25, -0.2) is 9.37 Å². The fourth-order valence-corrected chi connectivity index (χ4v) is 4.01. The van der Waals surface area contributed by atoms with Gasteiger partial charge in [-0.2, -0.15) is 4.68 Å². The molecule has 1 amide bonds. The lowest BCUT2D eigenvalue weighted by Crippen LogP contribution is -2.15. The standard InChI is InChI=1S/C22H19FN6OS/c1-13-6-9-20(14(2)11-13)31-22-17(5-4-10-24-22)21(30)25-19-12-16(7-8-18(19)23)29-15(3)26-27-28-29/h4-12H,1-3H3,(H,25,30). The first-order valence-electron chi connectivity index (χ1n) is 9.49. The van der Waals surface area contributed by atoms with Gasteiger partial charge < -0.3 is 5.32 Å². The zero-order valence-corrected chi connectivity index (χ0v) is 17.9. The number of aromatic nitrogens is 5. The average Bonchev–Trinajstić information content (AvgIpc) is 3.18. The van der Waals surface area contributed by atoms with E-state index in [1.807, 2.05) is 26.0 Å². The van der Waals surface area contributed by atoms with Gasteiger partial charge in [0, 0.05) is 11.1 Å². The lowest BCUT2D eigenvalue weighted by atomic mass is 10.2. The van der Waals surface area contributed by atoms with E-state index in [9.17, 15) is 9.18 Å². The van der Waals surface area contributed by atoms with E-state index in [1.54, 1.807) is 31.3 Å². The molecule has 0 fully saturated rings. The van der Waals surface area contributed by atoms with E-state index in [4.69, 9.17) is 0 Å². The molecule has 0 bridgehead atoms. The summed E-state index contributed by atoms with van der Waals surface area (Å²) in [7, 11) is 0. The summed E-state index contributed by atoms with van der Waals surface area (Å²) in [4.78, 5) is 18.4. The highest BCUT2D eigenvalue weighted by atomic mass is 32.2. The van der Waals surface area contributed by atoms with Crippen molar-refractivity contribution in [2.75, 3.05) is 5.32 Å². The van der Waals surface area contributed by atoms with E-state index in [2.05, 4.69) is 31.9 Å². The molecule has 0 aliphatic heterocycles. The first-order chi connectivity index (χ1) is 14.9. The topological polar surface area (TPSA) is 85.6 Å². The zero-order valence-electron chi connectivity index (χ0n) is 17.1. The summed E-state index contributed by atoms with van der Waals surface area (Å²) in [6.45, 7) is 5.77. The predicted octanol–water partition coefficient (Wildman–Crippen LogP) is 4.53. The maximum atomic E-state index is 14.4. The highest BCUT2D eigenvalue weighted by molar-refractivity contribution is 7.99. The van der Waals surface area contributed by atoms with E-state index >= 15 is 0 Å². The van der Waals surface area contributed by atoms with Gasteiger partial charge in [-0.05, 0) is 73.2 Å². The van der Waals surface area contributed by atoms with Gasteiger partial charge in [0.1, 0.15) is 10.8 Å². The number of amides is 1. The van der Waals surface area contributed by atoms with Crippen LogP contribution in [0.15, 0.2) is 64.6 Å². The molecule has 9 heteroatoms. The largest absolute Gasteiger partial charge is 0.319 e. The highest BCUT2D eigenvalue weighted by Gasteiger charge is 2.17. The van der Waals surface area contributed by atoms with Crippen LogP contribution in [-0.4, -0.2) is 31.1 Å². The molecule has 4 aromatic rings. The minimum Gasteiger partial charge on any atom is -0.319 e. The minimum absolute atomic E-state index is 0.0312. The van der Waals surface area contributed by atoms with Crippen molar-refractivity contribution in [1.29, 1.82) is 0 Å².